The molecule has 0 amide bonds. The molecule has 0 bridgehead atoms. The summed E-state index contributed by atoms with van der Waals surface area (Å²) in [5, 5.41) is 0. The fourth-order valence-corrected chi connectivity index (χ4v) is 5.43. The molecule has 262 valence electrons. The van der Waals surface area contributed by atoms with Gasteiger partial charge in [-0.3, -0.25) is 9.05 Å². The van der Waals surface area contributed by atoms with Gasteiger partial charge in [0, 0.05) is 6.61 Å². The van der Waals surface area contributed by atoms with Gasteiger partial charge in [-0.15, -0.1) is 0 Å². The van der Waals surface area contributed by atoms with Crippen LogP contribution in [0.25, 0.3) is 0 Å². The summed E-state index contributed by atoms with van der Waals surface area (Å²) in [6.45, 7) is 9.75. The summed E-state index contributed by atoms with van der Waals surface area (Å²) in [5.41, 5.74) is -0.418. The van der Waals surface area contributed by atoms with Crippen LogP contribution in [-0.2, 0) is 23.1 Å². The molecular formula is C36H73NO6P+. The quantitative estimate of drug-likeness (QED) is 0.0350. The van der Waals surface area contributed by atoms with Crippen LogP contribution in [0.4, 0.5) is 0 Å². The summed E-state index contributed by atoms with van der Waals surface area (Å²) in [4.78, 5) is 10.0. The van der Waals surface area contributed by atoms with E-state index in [-0.39, 0.29) is 13.2 Å². The Bertz CT molecular complexity index is 744. The Morgan fingerprint density at radius 3 is 1.57 bits per heavy atom. The monoisotopic (exact) mass is 647 g/mol. The van der Waals surface area contributed by atoms with E-state index in [9.17, 15) is 9.46 Å². The standard InChI is InChI=1S/C36H72NO6P/c1-8-9-10-11-12-13-14-15-16-17-18-19-20-21-22-23-24-25-26-27-28-29-31-40-33-35(43-36(2,3)4)34-42-44(38,39)41-32-30-37(5,6)7/h12-13,24-25,35H,8-11,14-23,26-34H2,1-7H3/p+1/t35-/m1/s1. The maximum atomic E-state index is 12.3. The van der Waals surface area contributed by atoms with Crippen molar-refractivity contribution in [2.75, 3.05) is 54.1 Å². The number of allylic oxidation sites excluding steroid dienone is 4. The summed E-state index contributed by atoms with van der Waals surface area (Å²) in [6, 6.07) is 0. The molecule has 0 aromatic heterocycles. The Hall–Kier alpha value is -0.530. The van der Waals surface area contributed by atoms with Crippen molar-refractivity contribution in [2.45, 2.75) is 155 Å². The zero-order valence-corrected chi connectivity index (χ0v) is 30.9. The number of nitrogens with zero attached hydrogens (tertiary/aromatic N) is 1. The molecule has 0 radical (unpaired) electrons. The predicted octanol–water partition coefficient (Wildman–Crippen LogP) is 10.2. The van der Waals surface area contributed by atoms with Crippen LogP contribution in [0.1, 0.15) is 143 Å². The van der Waals surface area contributed by atoms with Gasteiger partial charge in [0.05, 0.1) is 40.0 Å². The normalized spacial score (nSPS) is 15.0. The molecule has 0 fully saturated rings. The number of likely N-dealkylation sites (N-methyl/N-ethyl adjacent to an activating group) is 1. The number of quaternary nitrogens is 1. The van der Waals surface area contributed by atoms with Crippen LogP contribution in [-0.4, -0.2) is 75.2 Å². The molecule has 44 heavy (non-hydrogen) atoms. The number of phosphoric ester groups is 1. The van der Waals surface area contributed by atoms with Crippen molar-refractivity contribution < 1.29 is 32.5 Å². The Balaban J connectivity index is 3.75. The molecule has 7 nitrogen and oxygen atoms in total. The Morgan fingerprint density at radius 2 is 1.11 bits per heavy atom. The molecule has 0 saturated heterocycles. The second-order valence-corrected chi connectivity index (χ2v) is 15.7. The van der Waals surface area contributed by atoms with Crippen molar-refractivity contribution in [2.24, 2.45) is 0 Å². The molecule has 8 heteroatoms. The van der Waals surface area contributed by atoms with Gasteiger partial charge in [-0.1, -0.05) is 89.0 Å². The number of phosphoric acid groups is 1. The fraction of sp³-hybridized carbons (Fsp3) is 0.889. The van der Waals surface area contributed by atoms with E-state index < -0.39 is 19.5 Å². The van der Waals surface area contributed by atoms with Crippen LogP contribution >= 0.6 is 7.82 Å². The SMILES string of the molecule is CCCCCC=CCCCCCCCCCCC=CCCCCCOC[C@H](COP(=O)(O)OCC[N+](C)(C)C)OC(C)(C)C. The van der Waals surface area contributed by atoms with Gasteiger partial charge in [0.15, 0.2) is 0 Å². The minimum Gasteiger partial charge on any atom is -0.379 e. The molecule has 0 aromatic rings. The van der Waals surface area contributed by atoms with Crippen molar-refractivity contribution in [3.63, 3.8) is 0 Å². The number of hydrogen-bond donors (Lipinski definition) is 1. The molecule has 2 atom stereocenters. The second kappa shape index (κ2) is 27.6. The molecule has 1 unspecified atom stereocenters. The van der Waals surface area contributed by atoms with E-state index >= 15 is 0 Å². The fourth-order valence-electron chi connectivity index (χ4n) is 4.69. The van der Waals surface area contributed by atoms with Gasteiger partial charge in [-0.25, -0.2) is 4.57 Å². The van der Waals surface area contributed by atoms with E-state index in [1.165, 1.54) is 89.9 Å². The third-order valence-corrected chi connectivity index (χ3v) is 8.21. The smallest absolute Gasteiger partial charge is 0.379 e. The number of ether oxygens (including phenoxy) is 2. The molecule has 0 heterocycles. The summed E-state index contributed by atoms with van der Waals surface area (Å²) < 4.78 is 35.1. The highest BCUT2D eigenvalue weighted by Crippen LogP contribution is 2.43. The molecule has 0 aromatic carbocycles. The third kappa shape index (κ3) is 34.3. The third-order valence-electron chi connectivity index (χ3n) is 7.22. The lowest BCUT2D eigenvalue weighted by molar-refractivity contribution is -0.870. The van der Waals surface area contributed by atoms with Crippen LogP contribution in [0.15, 0.2) is 24.3 Å². The highest BCUT2D eigenvalue weighted by molar-refractivity contribution is 7.47. The number of rotatable bonds is 31. The zero-order chi connectivity index (χ0) is 33.0. The van der Waals surface area contributed by atoms with Crippen LogP contribution in [0, 0.1) is 0 Å². The van der Waals surface area contributed by atoms with Crippen LogP contribution in [0.3, 0.4) is 0 Å². The first kappa shape index (κ1) is 43.5. The highest BCUT2D eigenvalue weighted by atomic mass is 31.2. The Labute approximate surface area is 273 Å². The molecule has 0 aliphatic rings. The average molecular weight is 647 g/mol. The summed E-state index contributed by atoms with van der Waals surface area (Å²) in [7, 11) is 1.85. The first-order valence-electron chi connectivity index (χ1n) is 17.8. The maximum absolute atomic E-state index is 12.3. The molecule has 0 aliphatic heterocycles. The van der Waals surface area contributed by atoms with Crippen molar-refractivity contribution in [3.8, 4) is 0 Å². The maximum Gasteiger partial charge on any atom is 0.472 e. The van der Waals surface area contributed by atoms with Gasteiger partial charge < -0.3 is 18.9 Å². The minimum atomic E-state index is -4.14. The second-order valence-electron chi connectivity index (χ2n) is 14.2. The van der Waals surface area contributed by atoms with Gasteiger partial charge in [0.1, 0.15) is 19.3 Å². The highest BCUT2D eigenvalue weighted by Gasteiger charge is 2.27. The van der Waals surface area contributed by atoms with Gasteiger partial charge in [0.25, 0.3) is 0 Å². The predicted molar refractivity (Wildman–Crippen MR) is 187 cm³/mol. The summed E-state index contributed by atoms with van der Waals surface area (Å²) in [5.74, 6) is 0. The molecule has 0 saturated carbocycles. The van der Waals surface area contributed by atoms with Gasteiger partial charge >= 0.3 is 7.82 Å². The van der Waals surface area contributed by atoms with Gasteiger partial charge in [-0.05, 0) is 78.6 Å². The van der Waals surface area contributed by atoms with Crippen LogP contribution in [0.2, 0.25) is 0 Å². The molecule has 0 rings (SSSR count). The molecule has 1 N–H and O–H groups in total. The lowest BCUT2D eigenvalue weighted by Gasteiger charge is -2.28. The topological polar surface area (TPSA) is 74.2 Å². The van der Waals surface area contributed by atoms with Gasteiger partial charge in [-0.2, -0.15) is 0 Å². The van der Waals surface area contributed by atoms with Crippen molar-refractivity contribution in [3.05, 3.63) is 24.3 Å². The van der Waals surface area contributed by atoms with E-state index in [0.717, 1.165) is 25.7 Å². The average Bonchev–Trinajstić information content (AvgIpc) is 2.92. The number of hydrogen-bond acceptors (Lipinski definition) is 5. The first-order chi connectivity index (χ1) is 20.8. The van der Waals surface area contributed by atoms with Gasteiger partial charge in [0.2, 0.25) is 0 Å². The molecular weight excluding hydrogens is 573 g/mol. The van der Waals surface area contributed by atoms with E-state index in [4.69, 9.17) is 18.5 Å². The first-order valence-corrected chi connectivity index (χ1v) is 19.3. The van der Waals surface area contributed by atoms with Crippen molar-refractivity contribution in [1.82, 2.24) is 0 Å². The van der Waals surface area contributed by atoms with E-state index in [0.29, 0.717) is 24.2 Å². The van der Waals surface area contributed by atoms with Crippen molar-refractivity contribution >= 4 is 7.82 Å². The zero-order valence-electron chi connectivity index (χ0n) is 30.0. The summed E-state index contributed by atoms with van der Waals surface area (Å²) >= 11 is 0. The largest absolute Gasteiger partial charge is 0.472 e. The Kier molecular flexibility index (Phi) is 27.2. The number of unbranched alkanes of at least 4 members (excludes halogenated alkanes) is 15. The van der Waals surface area contributed by atoms with Crippen LogP contribution < -0.4 is 0 Å². The molecule has 0 spiro atoms. The Morgan fingerprint density at radius 1 is 0.659 bits per heavy atom. The van der Waals surface area contributed by atoms with E-state index in [1.54, 1.807) is 0 Å². The van der Waals surface area contributed by atoms with E-state index in [2.05, 4.69) is 31.2 Å². The lowest BCUT2D eigenvalue weighted by atomic mass is 10.1. The van der Waals surface area contributed by atoms with Crippen molar-refractivity contribution in [1.29, 1.82) is 0 Å². The lowest BCUT2D eigenvalue weighted by Crippen LogP contribution is -2.37. The minimum absolute atomic E-state index is 0.0580. The van der Waals surface area contributed by atoms with E-state index in [1.807, 2.05) is 41.9 Å². The molecule has 0 aliphatic carbocycles. The summed E-state index contributed by atoms with van der Waals surface area (Å²) in [6.07, 6.45) is 32.1. The van der Waals surface area contributed by atoms with Crippen LogP contribution in [0.5, 0.6) is 0 Å².